The van der Waals surface area contributed by atoms with E-state index in [1.165, 1.54) is 30.5 Å². The molecule has 2 rings (SSSR count). The number of hydrogen-bond donors (Lipinski definition) is 1. The first kappa shape index (κ1) is 13.6. The summed E-state index contributed by atoms with van der Waals surface area (Å²) in [6.07, 6.45) is 2.76. The van der Waals surface area contributed by atoms with E-state index in [0.717, 1.165) is 24.3 Å². The Morgan fingerprint density at radius 1 is 1.11 bits per heavy atom. The Morgan fingerprint density at radius 3 is 2.28 bits per heavy atom. The normalized spacial score (nSPS) is 23.2. The zero-order chi connectivity index (χ0) is 13.1. The van der Waals surface area contributed by atoms with Crippen LogP contribution in [0.3, 0.4) is 0 Å². The third-order valence-corrected chi connectivity index (χ3v) is 4.05. The van der Waals surface area contributed by atoms with E-state index >= 15 is 0 Å². The fraction of sp³-hybridized carbons (Fsp3) is 0.647. The summed E-state index contributed by atoms with van der Waals surface area (Å²) >= 11 is 0. The van der Waals surface area contributed by atoms with Crippen LogP contribution in [0.5, 0.6) is 0 Å². The Morgan fingerprint density at radius 2 is 1.78 bits per heavy atom. The van der Waals surface area contributed by atoms with Crippen molar-refractivity contribution in [3.8, 4) is 0 Å². The first-order valence-corrected chi connectivity index (χ1v) is 7.35. The lowest BCUT2D eigenvalue weighted by Gasteiger charge is -2.38. The van der Waals surface area contributed by atoms with Gasteiger partial charge < -0.3 is 5.32 Å². The lowest BCUT2D eigenvalue weighted by atomic mass is 9.69. The molecule has 0 radical (unpaired) electrons. The van der Waals surface area contributed by atoms with E-state index in [2.05, 4.69) is 51.2 Å². The summed E-state index contributed by atoms with van der Waals surface area (Å²) < 4.78 is 0. The zero-order valence-electron chi connectivity index (χ0n) is 12.3. The van der Waals surface area contributed by atoms with E-state index in [9.17, 15) is 0 Å². The van der Waals surface area contributed by atoms with Gasteiger partial charge >= 0.3 is 0 Å². The van der Waals surface area contributed by atoms with Crippen molar-refractivity contribution in [3.05, 3.63) is 34.9 Å². The van der Waals surface area contributed by atoms with E-state index in [1.54, 1.807) is 5.56 Å². The van der Waals surface area contributed by atoms with Gasteiger partial charge in [-0.05, 0) is 63.1 Å². The Labute approximate surface area is 112 Å². The van der Waals surface area contributed by atoms with Gasteiger partial charge in [0.15, 0.2) is 0 Å². The largest absolute Gasteiger partial charge is 0.316 e. The Balaban J connectivity index is 1.93. The van der Waals surface area contributed by atoms with Gasteiger partial charge in [0.05, 0.1) is 0 Å². The van der Waals surface area contributed by atoms with Crippen LogP contribution in [0.25, 0.3) is 0 Å². The molecule has 100 valence electrons. The van der Waals surface area contributed by atoms with Gasteiger partial charge in [-0.2, -0.15) is 0 Å². The summed E-state index contributed by atoms with van der Waals surface area (Å²) in [5.74, 6) is 2.40. The van der Waals surface area contributed by atoms with Gasteiger partial charge in [0.25, 0.3) is 0 Å². The average Bonchev–Trinajstić information content (AvgIpc) is 2.20. The average molecular weight is 245 g/mol. The van der Waals surface area contributed by atoms with Gasteiger partial charge in [0, 0.05) is 0 Å². The van der Waals surface area contributed by atoms with Crippen molar-refractivity contribution in [1.29, 1.82) is 0 Å². The fourth-order valence-electron chi connectivity index (χ4n) is 3.03. The summed E-state index contributed by atoms with van der Waals surface area (Å²) in [7, 11) is 0. The number of rotatable bonds is 5. The first-order chi connectivity index (χ1) is 8.56. The maximum atomic E-state index is 3.62. The molecular formula is C17H27N. The second-order valence-corrected chi connectivity index (χ2v) is 6.42. The van der Waals surface area contributed by atoms with Gasteiger partial charge in [0.2, 0.25) is 0 Å². The highest BCUT2D eigenvalue weighted by molar-refractivity contribution is 5.32. The quantitative estimate of drug-likeness (QED) is 0.825. The lowest BCUT2D eigenvalue weighted by molar-refractivity contribution is 0.243. The summed E-state index contributed by atoms with van der Waals surface area (Å²) in [5, 5.41) is 3.62. The van der Waals surface area contributed by atoms with Crippen molar-refractivity contribution < 1.29 is 0 Å². The topological polar surface area (TPSA) is 12.0 Å². The Bertz CT molecular complexity index is 374. The van der Waals surface area contributed by atoms with E-state index < -0.39 is 0 Å². The highest BCUT2D eigenvalue weighted by Gasteiger charge is 2.31. The minimum atomic E-state index is 0.754. The highest BCUT2D eigenvalue weighted by atomic mass is 14.9. The molecule has 1 heteroatoms. The molecule has 0 amide bonds. The standard InChI is InChI=1S/C17H27N/c1-12(2)10-18-11-15-5-6-17(15)16-8-13(3)7-14(4)9-16/h7-9,12,15,17-18H,5-6,10-11H2,1-4H3. The van der Waals surface area contributed by atoms with Crippen molar-refractivity contribution in [2.75, 3.05) is 13.1 Å². The molecule has 2 atom stereocenters. The predicted octanol–water partition coefficient (Wildman–Crippen LogP) is 4.04. The fourth-order valence-corrected chi connectivity index (χ4v) is 3.03. The molecule has 1 aliphatic rings. The molecule has 0 spiro atoms. The van der Waals surface area contributed by atoms with E-state index in [4.69, 9.17) is 0 Å². The van der Waals surface area contributed by atoms with Crippen molar-refractivity contribution >= 4 is 0 Å². The van der Waals surface area contributed by atoms with Crippen LogP contribution in [0.2, 0.25) is 0 Å². The number of nitrogens with one attached hydrogen (secondary N) is 1. The Kier molecular flexibility index (Phi) is 4.45. The molecule has 1 aromatic carbocycles. The van der Waals surface area contributed by atoms with Gasteiger partial charge in [0.1, 0.15) is 0 Å². The molecule has 1 fully saturated rings. The van der Waals surface area contributed by atoms with E-state index in [-0.39, 0.29) is 0 Å². The minimum absolute atomic E-state index is 0.754. The molecule has 0 saturated heterocycles. The number of benzene rings is 1. The van der Waals surface area contributed by atoms with Gasteiger partial charge in [-0.1, -0.05) is 43.2 Å². The number of aryl methyl sites for hydroxylation is 2. The molecular weight excluding hydrogens is 218 g/mol. The molecule has 2 unspecified atom stereocenters. The third kappa shape index (κ3) is 3.35. The van der Waals surface area contributed by atoms with Gasteiger partial charge in [-0.25, -0.2) is 0 Å². The molecule has 1 aromatic rings. The van der Waals surface area contributed by atoms with Crippen LogP contribution < -0.4 is 5.32 Å². The van der Waals surface area contributed by atoms with Gasteiger partial charge in [-0.15, -0.1) is 0 Å². The zero-order valence-corrected chi connectivity index (χ0v) is 12.3. The van der Waals surface area contributed by atoms with Crippen molar-refractivity contribution in [2.45, 2.75) is 46.5 Å². The predicted molar refractivity (Wildman–Crippen MR) is 79.1 cm³/mol. The van der Waals surface area contributed by atoms with Crippen LogP contribution in [0.4, 0.5) is 0 Å². The van der Waals surface area contributed by atoms with Crippen molar-refractivity contribution in [1.82, 2.24) is 5.32 Å². The maximum absolute atomic E-state index is 3.62. The molecule has 1 aliphatic carbocycles. The SMILES string of the molecule is Cc1cc(C)cc(C2CCC2CNCC(C)C)c1. The van der Waals surface area contributed by atoms with Crippen LogP contribution in [0.15, 0.2) is 18.2 Å². The summed E-state index contributed by atoms with van der Waals surface area (Å²) in [6, 6.07) is 7.03. The molecule has 1 N–H and O–H groups in total. The monoisotopic (exact) mass is 245 g/mol. The summed E-state index contributed by atoms with van der Waals surface area (Å²) in [5.41, 5.74) is 4.38. The van der Waals surface area contributed by atoms with Gasteiger partial charge in [-0.3, -0.25) is 0 Å². The Hall–Kier alpha value is -0.820. The molecule has 18 heavy (non-hydrogen) atoms. The molecule has 0 heterocycles. The smallest absolute Gasteiger partial charge is 0.00146 e. The van der Waals surface area contributed by atoms with Crippen LogP contribution in [-0.2, 0) is 0 Å². The van der Waals surface area contributed by atoms with E-state index in [0.29, 0.717) is 0 Å². The van der Waals surface area contributed by atoms with Crippen molar-refractivity contribution in [2.24, 2.45) is 11.8 Å². The molecule has 1 saturated carbocycles. The van der Waals surface area contributed by atoms with Crippen LogP contribution >= 0.6 is 0 Å². The highest BCUT2D eigenvalue weighted by Crippen LogP contribution is 2.42. The van der Waals surface area contributed by atoms with E-state index in [1.807, 2.05) is 0 Å². The second kappa shape index (κ2) is 5.88. The maximum Gasteiger partial charge on any atom is -0.00146 e. The van der Waals surface area contributed by atoms with Crippen LogP contribution in [0.1, 0.15) is 49.3 Å². The molecule has 0 aliphatic heterocycles. The lowest BCUT2D eigenvalue weighted by Crippen LogP contribution is -2.35. The van der Waals surface area contributed by atoms with Crippen molar-refractivity contribution in [3.63, 3.8) is 0 Å². The molecule has 0 bridgehead atoms. The van der Waals surface area contributed by atoms with Crippen LogP contribution in [-0.4, -0.2) is 13.1 Å². The summed E-state index contributed by atoms with van der Waals surface area (Å²) in [4.78, 5) is 0. The van der Waals surface area contributed by atoms with Crippen LogP contribution in [0, 0.1) is 25.7 Å². The molecule has 1 nitrogen and oxygen atoms in total. The second-order valence-electron chi connectivity index (χ2n) is 6.42. The molecule has 0 aromatic heterocycles. The minimum Gasteiger partial charge on any atom is -0.316 e. The summed E-state index contributed by atoms with van der Waals surface area (Å²) in [6.45, 7) is 11.3. The number of hydrogen-bond acceptors (Lipinski definition) is 1. The first-order valence-electron chi connectivity index (χ1n) is 7.35. The third-order valence-electron chi connectivity index (χ3n) is 4.05.